The van der Waals surface area contributed by atoms with E-state index in [1.807, 2.05) is 18.2 Å². The fourth-order valence-electron chi connectivity index (χ4n) is 1.92. The van der Waals surface area contributed by atoms with Gasteiger partial charge in [-0.05, 0) is 43.5 Å². The number of nitrogens with zero attached hydrogens (tertiary/aromatic N) is 2. The maximum atomic E-state index is 4.48. The first-order valence-electron chi connectivity index (χ1n) is 7.11. The smallest absolute Gasteiger partial charge is 0.229 e. The molecular weight excluding hydrogens is 248 g/mol. The van der Waals surface area contributed by atoms with Crippen LogP contribution < -0.4 is 10.6 Å². The van der Waals surface area contributed by atoms with Crippen molar-refractivity contribution in [1.82, 2.24) is 9.97 Å². The molecule has 4 nitrogen and oxygen atoms in total. The van der Waals surface area contributed by atoms with Crippen molar-refractivity contribution in [2.75, 3.05) is 17.2 Å². The number of benzene rings is 1. The van der Waals surface area contributed by atoms with Crippen molar-refractivity contribution in [1.29, 1.82) is 0 Å². The molecule has 0 amide bonds. The van der Waals surface area contributed by atoms with Crippen molar-refractivity contribution in [3.05, 3.63) is 41.6 Å². The lowest BCUT2D eigenvalue weighted by atomic mass is 10.1. The third-order valence-electron chi connectivity index (χ3n) is 3.34. The minimum Gasteiger partial charge on any atom is -0.370 e. The van der Waals surface area contributed by atoms with Crippen LogP contribution in [0.4, 0.5) is 17.5 Å². The summed E-state index contributed by atoms with van der Waals surface area (Å²) in [6.07, 6.45) is 4.09. The monoisotopic (exact) mass is 270 g/mol. The predicted molar refractivity (Wildman–Crippen MR) is 84.6 cm³/mol. The second-order valence-corrected chi connectivity index (χ2v) is 4.92. The van der Waals surface area contributed by atoms with E-state index >= 15 is 0 Å². The van der Waals surface area contributed by atoms with Gasteiger partial charge in [-0.2, -0.15) is 4.98 Å². The Balaban J connectivity index is 2.09. The quantitative estimate of drug-likeness (QED) is 0.777. The number of hydrogen-bond acceptors (Lipinski definition) is 4. The Hall–Kier alpha value is -2.10. The molecular formula is C16H22N4. The summed E-state index contributed by atoms with van der Waals surface area (Å²) in [7, 11) is 0. The zero-order valence-electron chi connectivity index (χ0n) is 12.4. The van der Waals surface area contributed by atoms with E-state index in [-0.39, 0.29) is 0 Å². The van der Waals surface area contributed by atoms with E-state index < -0.39 is 0 Å². The van der Waals surface area contributed by atoms with Crippen molar-refractivity contribution in [3.8, 4) is 0 Å². The number of aryl methyl sites for hydroxylation is 1. The second kappa shape index (κ2) is 6.89. The molecule has 0 aliphatic rings. The average molecular weight is 270 g/mol. The molecule has 4 heteroatoms. The molecule has 106 valence electrons. The Morgan fingerprint density at radius 2 is 2.00 bits per heavy atom. The SMILES string of the molecule is CCCCNc1ccnc(Nc2cccc(C)c2C)n1. The van der Waals surface area contributed by atoms with Crippen LogP contribution in [0.5, 0.6) is 0 Å². The standard InChI is InChI=1S/C16H22N4/c1-4-5-10-17-15-9-11-18-16(20-15)19-14-8-6-7-12(2)13(14)3/h6-9,11H,4-5,10H2,1-3H3,(H2,17,18,19,20). The summed E-state index contributed by atoms with van der Waals surface area (Å²) in [6, 6.07) is 8.07. The van der Waals surface area contributed by atoms with Crippen LogP contribution in [0.2, 0.25) is 0 Å². The third-order valence-corrected chi connectivity index (χ3v) is 3.34. The zero-order chi connectivity index (χ0) is 14.4. The molecule has 1 heterocycles. The van der Waals surface area contributed by atoms with Gasteiger partial charge in [-0.25, -0.2) is 4.98 Å². The lowest BCUT2D eigenvalue weighted by molar-refractivity contribution is 0.830. The highest BCUT2D eigenvalue weighted by atomic mass is 15.1. The van der Waals surface area contributed by atoms with Gasteiger partial charge < -0.3 is 10.6 Å². The second-order valence-electron chi connectivity index (χ2n) is 4.92. The number of anilines is 3. The van der Waals surface area contributed by atoms with Crippen molar-refractivity contribution in [3.63, 3.8) is 0 Å². The van der Waals surface area contributed by atoms with Crippen LogP contribution >= 0.6 is 0 Å². The van der Waals surface area contributed by atoms with E-state index in [4.69, 9.17) is 0 Å². The largest absolute Gasteiger partial charge is 0.370 e. The molecule has 2 aromatic rings. The summed E-state index contributed by atoms with van der Waals surface area (Å²) in [5.74, 6) is 1.49. The van der Waals surface area contributed by atoms with E-state index in [0.29, 0.717) is 5.95 Å². The fourth-order valence-corrected chi connectivity index (χ4v) is 1.92. The molecule has 2 rings (SSSR count). The molecule has 20 heavy (non-hydrogen) atoms. The molecule has 0 fully saturated rings. The van der Waals surface area contributed by atoms with E-state index in [9.17, 15) is 0 Å². The van der Waals surface area contributed by atoms with E-state index in [2.05, 4.69) is 47.4 Å². The minimum absolute atomic E-state index is 0.625. The molecule has 0 saturated heterocycles. The Bertz CT molecular complexity index is 566. The van der Waals surface area contributed by atoms with Gasteiger partial charge in [0.15, 0.2) is 0 Å². The van der Waals surface area contributed by atoms with Crippen LogP contribution in [-0.4, -0.2) is 16.5 Å². The molecule has 1 aromatic heterocycles. The first kappa shape index (κ1) is 14.3. The van der Waals surface area contributed by atoms with E-state index in [0.717, 1.165) is 24.5 Å². The Labute approximate surface area is 120 Å². The van der Waals surface area contributed by atoms with Gasteiger partial charge >= 0.3 is 0 Å². The van der Waals surface area contributed by atoms with E-state index in [1.54, 1.807) is 6.20 Å². The molecule has 0 unspecified atom stereocenters. The summed E-state index contributed by atoms with van der Waals surface area (Å²) >= 11 is 0. The highest BCUT2D eigenvalue weighted by molar-refractivity contribution is 5.60. The molecule has 2 N–H and O–H groups in total. The minimum atomic E-state index is 0.625. The van der Waals surface area contributed by atoms with E-state index in [1.165, 1.54) is 17.5 Å². The van der Waals surface area contributed by atoms with Gasteiger partial charge in [-0.15, -0.1) is 0 Å². The Morgan fingerprint density at radius 1 is 1.15 bits per heavy atom. The topological polar surface area (TPSA) is 49.8 Å². The van der Waals surface area contributed by atoms with Crippen molar-refractivity contribution < 1.29 is 0 Å². The highest BCUT2D eigenvalue weighted by Gasteiger charge is 2.03. The maximum Gasteiger partial charge on any atom is 0.229 e. The first-order chi connectivity index (χ1) is 9.70. The number of nitrogens with one attached hydrogen (secondary N) is 2. The van der Waals surface area contributed by atoms with Gasteiger partial charge in [0.05, 0.1) is 0 Å². The van der Waals surface area contributed by atoms with Crippen LogP contribution in [0.25, 0.3) is 0 Å². The average Bonchev–Trinajstić information content (AvgIpc) is 2.45. The normalized spacial score (nSPS) is 10.3. The van der Waals surface area contributed by atoms with Gasteiger partial charge in [0.2, 0.25) is 5.95 Å². The van der Waals surface area contributed by atoms with Gasteiger partial charge in [-0.3, -0.25) is 0 Å². The summed E-state index contributed by atoms with van der Waals surface area (Å²) in [6.45, 7) is 7.32. The highest BCUT2D eigenvalue weighted by Crippen LogP contribution is 2.21. The van der Waals surface area contributed by atoms with Gasteiger partial charge in [-0.1, -0.05) is 25.5 Å². The Kier molecular flexibility index (Phi) is 4.93. The van der Waals surface area contributed by atoms with Crippen LogP contribution in [0.3, 0.4) is 0 Å². The van der Waals surface area contributed by atoms with Crippen LogP contribution in [-0.2, 0) is 0 Å². The molecule has 0 radical (unpaired) electrons. The summed E-state index contributed by atoms with van der Waals surface area (Å²) in [4.78, 5) is 8.75. The molecule has 0 spiro atoms. The molecule has 0 saturated carbocycles. The summed E-state index contributed by atoms with van der Waals surface area (Å²) in [5, 5.41) is 6.59. The molecule has 0 aliphatic carbocycles. The summed E-state index contributed by atoms with van der Waals surface area (Å²) < 4.78 is 0. The maximum absolute atomic E-state index is 4.48. The van der Waals surface area contributed by atoms with Gasteiger partial charge in [0, 0.05) is 18.4 Å². The number of rotatable bonds is 6. The lowest BCUT2D eigenvalue weighted by Gasteiger charge is -2.11. The molecule has 1 aromatic carbocycles. The first-order valence-corrected chi connectivity index (χ1v) is 7.11. The predicted octanol–water partition coefficient (Wildman–Crippen LogP) is 4.05. The number of hydrogen-bond donors (Lipinski definition) is 2. The van der Waals surface area contributed by atoms with Crippen LogP contribution in [0.1, 0.15) is 30.9 Å². The van der Waals surface area contributed by atoms with Crippen molar-refractivity contribution in [2.45, 2.75) is 33.6 Å². The van der Waals surface area contributed by atoms with Crippen molar-refractivity contribution >= 4 is 17.5 Å². The van der Waals surface area contributed by atoms with Gasteiger partial charge in [0.1, 0.15) is 5.82 Å². The third kappa shape index (κ3) is 3.70. The Morgan fingerprint density at radius 3 is 2.80 bits per heavy atom. The molecule has 0 atom stereocenters. The van der Waals surface area contributed by atoms with Crippen LogP contribution in [0, 0.1) is 13.8 Å². The zero-order valence-corrected chi connectivity index (χ0v) is 12.4. The fraction of sp³-hybridized carbons (Fsp3) is 0.375. The summed E-state index contributed by atoms with van der Waals surface area (Å²) in [5.41, 5.74) is 3.53. The number of aromatic nitrogens is 2. The lowest BCUT2D eigenvalue weighted by Crippen LogP contribution is -2.05. The molecule has 0 bridgehead atoms. The molecule has 0 aliphatic heterocycles. The van der Waals surface area contributed by atoms with Gasteiger partial charge in [0.25, 0.3) is 0 Å². The van der Waals surface area contributed by atoms with Crippen LogP contribution in [0.15, 0.2) is 30.5 Å². The van der Waals surface area contributed by atoms with Crippen molar-refractivity contribution in [2.24, 2.45) is 0 Å². The number of unbranched alkanes of at least 4 members (excludes halogenated alkanes) is 1.